The number of rotatable bonds is 8. The fraction of sp³-hybridized carbons (Fsp3) is 0.125. The van der Waals surface area contributed by atoms with Crippen LogP contribution in [0.25, 0.3) is 43.4 Å². The Morgan fingerprint density at radius 2 is 1.02 bits per heavy atom. The van der Waals surface area contributed by atoms with Crippen LogP contribution in [0.4, 0.5) is 0 Å². The zero-order valence-electron chi connectivity index (χ0n) is 28.4. The fourth-order valence-electron chi connectivity index (χ4n) is 8.47. The smallest absolute Gasteiger partial charge is 0.0552 e. The van der Waals surface area contributed by atoms with Crippen LogP contribution in [0.2, 0.25) is 0 Å². The molecule has 8 aromatic carbocycles. The fourth-order valence-corrected chi connectivity index (χ4v) is 8.47. The van der Waals surface area contributed by atoms with Gasteiger partial charge in [0.2, 0.25) is 0 Å². The third-order valence-corrected chi connectivity index (χ3v) is 10.8. The highest BCUT2D eigenvalue weighted by Gasteiger charge is 2.36. The minimum absolute atomic E-state index is 0.106. The van der Waals surface area contributed by atoms with Crippen molar-refractivity contribution in [2.24, 2.45) is 0 Å². The predicted octanol–water partition coefficient (Wildman–Crippen LogP) is 11.7. The number of hydrogen-bond donors (Lipinski definition) is 0. The van der Waals surface area contributed by atoms with Crippen LogP contribution in [0.15, 0.2) is 176 Å². The standard InChI is InChI=1S/C48H40N2/c1-49(31-40-28-27-35-16-11-13-25-44(35)46(40)45-26-14-23-34-15-10-12-24-43(34)45)47(36-17-4-2-5-18-36)48(37-19-6-3-7-20-37)50-32-41-29-38-21-8-9-22-39(38)30-42(41)33-50/h2-30,47-48H,31-33H2,1H3. The Bertz CT molecular complexity index is 2400. The van der Waals surface area contributed by atoms with Crippen LogP contribution in [0, 0.1) is 0 Å². The molecule has 1 aliphatic rings. The van der Waals surface area contributed by atoms with Crippen molar-refractivity contribution in [2.75, 3.05) is 7.05 Å². The van der Waals surface area contributed by atoms with E-state index in [0.717, 1.165) is 19.6 Å². The van der Waals surface area contributed by atoms with Crippen LogP contribution in [-0.2, 0) is 19.6 Å². The first kappa shape index (κ1) is 30.5. The highest BCUT2D eigenvalue weighted by atomic mass is 15.2. The van der Waals surface area contributed by atoms with E-state index in [1.54, 1.807) is 0 Å². The Morgan fingerprint density at radius 1 is 0.500 bits per heavy atom. The van der Waals surface area contributed by atoms with E-state index < -0.39 is 0 Å². The molecule has 2 unspecified atom stereocenters. The molecule has 0 saturated heterocycles. The lowest BCUT2D eigenvalue weighted by Gasteiger charge is -2.40. The predicted molar refractivity (Wildman–Crippen MR) is 210 cm³/mol. The van der Waals surface area contributed by atoms with Gasteiger partial charge in [-0.1, -0.05) is 164 Å². The van der Waals surface area contributed by atoms with Crippen LogP contribution >= 0.6 is 0 Å². The summed E-state index contributed by atoms with van der Waals surface area (Å²) in [6, 6.07) is 65.3. The molecule has 50 heavy (non-hydrogen) atoms. The van der Waals surface area contributed by atoms with Crippen molar-refractivity contribution in [3.05, 3.63) is 204 Å². The molecule has 9 rings (SSSR count). The van der Waals surface area contributed by atoms with Gasteiger partial charge in [0.15, 0.2) is 0 Å². The second-order valence-electron chi connectivity index (χ2n) is 13.8. The summed E-state index contributed by atoms with van der Waals surface area (Å²) in [5.74, 6) is 0. The van der Waals surface area contributed by atoms with Crippen LogP contribution < -0.4 is 0 Å². The van der Waals surface area contributed by atoms with Gasteiger partial charge < -0.3 is 0 Å². The van der Waals surface area contributed by atoms with E-state index in [0.29, 0.717) is 0 Å². The molecule has 1 heterocycles. The van der Waals surface area contributed by atoms with Crippen LogP contribution in [0.1, 0.15) is 39.9 Å². The van der Waals surface area contributed by atoms with E-state index in [4.69, 9.17) is 0 Å². The molecular formula is C48H40N2. The van der Waals surface area contributed by atoms with Gasteiger partial charge in [0.1, 0.15) is 0 Å². The van der Waals surface area contributed by atoms with E-state index in [9.17, 15) is 0 Å². The van der Waals surface area contributed by atoms with Crippen molar-refractivity contribution in [1.82, 2.24) is 9.80 Å². The molecule has 0 amide bonds. The molecule has 2 atom stereocenters. The summed E-state index contributed by atoms with van der Waals surface area (Å²) < 4.78 is 0. The van der Waals surface area contributed by atoms with Crippen LogP contribution in [0.3, 0.4) is 0 Å². The quantitative estimate of drug-likeness (QED) is 0.162. The van der Waals surface area contributed by atoms with E-state index >= 15 is 0 Å². The monoisotopic (exact) mass is 644 g/mol. The lowest BCUT2D eigenvalue weighted by molar-refractivity contribution is 0.0854. The van der Waals surface area contributed by atoms with E-state index in [-0.39, 0.29) is 12.1 Å². The molecule has 8 aromatic rings. The summed E-state index contributed by atoms with van der Waals surface area (Å²) in [6.07, 6.45) is 0. The van der Waals surface area contributed by atoms with Crippen LogP contribution in [-0.4, -0.2) is 16.8 Å². The minimum Gasteiger partial charge on any atom is -0.293 e. The molecule has 0 N–H and O–H groups in total. The van der Waals surface area contributed by atoms with E-state index in [1.807, 2.05) is 0 Å². The highest BCUT2D eigenvalue weighted by Crippen LogP contribution is 2.44. The number of nitrogens with zero attached hydrogens (tertiary/aromatic N) is 2. The Hall–Kier alpha value is -5.54. The zero-order valence-corrected chi connectivity index (χ0v) is 28.4. The number of fused-ring (bicyclic) bond motifs is 4. The van der Waals surface area contributed by atoms with Crippen molar-refractivity contribution >= 4 is 32.3 Å². The molecule has 0 aromatic heterocycles. The summed E-state index contributed by atoms with van der Waals surface area (Å²) in [6.45, 7) is 2.65. The summed E-state index contributed by atoms with van der Waals surface area (Å²) in [5, 5.41) is 7.76. The van der Waals surface area contributed by atoms with Gasteiger partial charge in [0.05, 0.1) is 12.1 Å². The Morgan fingerprint density at radius 3 is 1.68 bits per heavy atom. The lowest BCUT2D eigenvalue weighted by Crippen LogP contribution is -2.37. The average molecular weight is 645 g/mol. The van der Waals surface area contributed by atoms with Gasteiger partial charge >= 0.3 is 0 Å². The molecule has 0 bridgehead atoms. The number of hydrogen-bond acceptors (Lipinski definition) is 2. The van der Waals surface area contributed by atoms with Crippen molar-refractivity contribution in [2.45, 2.75) is 31.7 Å². The first-order chi connectivity index (χ1) is 24.7. The average Bonchev–Trinajstić information content (AvgIpc) is 3.58. The molecule has 2 nitrogen and oxygen atoms in total. The van der Waals surface area contributed by atoms with Gasteiger partial charge in [-0.2, -0.15) is 0 Å². The van der Waals surface area contributed by atoms with Crippen molar-refractivity contribution in [1.29, 1.82) is 0 Å². The zero-order chi connectivity index (χ0) is 33.4. The Labute approximate surface area is 294 Å². The van der Waals surface area contributed by atoms with Gasteiger partial charge in [0.25, 0.3) is 0 Å². The van der Waals surface area contributed by atoms with Gasteiger partial charge in [-0.3, -0.25) is 9.80 Å². The van der Waals surface area contributed by atoms with Crippen LogP contribution in [0.5, 0.6) is 0 Å². The van der Waals surface area contributed by atoms with Gasteiger partial charge in [-0.25, -0.2) is 0 Å². The number of benzene rings is 8. The van der Waals surface area contributed by atoms with Crippen molar-refractivity contribution in [3.63, 3.8) is 0 Å². The largest absolute Gasteiger partial charge is 0.293 e. The molecule has 0 saturated carbocycles. The number of likely N-dealkylation sites (N-methyl/N-ethyl adjacent to an activating group) is 1. The maximum Gasteiger partial charge on any atom is 0.0552 e. The molecule has 1 aliphatic heterocycles. The van der Waals surface area contributed by atoms with E-state index in [2.05, 4.69) is 193 Å². The molecular weight excluding hydrogens is 605 g/mol. The van der Waals surface area contributed by atoms with Crippen molar-refractivity contribution in [3.8, 4) is 11.1 Å². The molecule has 0 spiro atoms. The second kappa shape index (κ2) is 13.1. The second-order valence-corrected chi connectivity index (χ2v) is 13.8. The van der Waals surface area contributed by atoms with Gasteiger partial charge in [-0.15, -0.1) is 0 Å². The molecule has 242 valence electrons. The molecule has 2 heteroatoms. The minimum atomic E-state index is 0.106. The Balaban J connectivity index is 1.18. The Kier molecular flexibility index (Phi) is 7.97. The lowest BCUT2D eigenvalue weighted by atomic mass is 9.88. The maximum atomic E-state index is 2.71. The SMILES string of the molecule is CN(Cc1ccc2ccccc2c1-c1cccc2ccccc12)C(c1ccccc1)C(c1ccccc1)N1Cc2cc3ccccc3cc2C1. The first-order valence-corrected chi connectivity index (χ1v) is 17.7. The van der Waals surface area contributed by atoms with Gasteiger partial charge in [0, 0.05) is 19.6 Å². The molecule has 0 radical (unpaired) electrons. The summed E-state index contributed by atoms with van der Waals surface area (Å²) >= 11 is 0. The normalized spacial score (nSPS) is 14.4. The topological polar surface area (TPSA) is 6.48 Å². The van der Waals surface area contributed by atoms with Gasteiger partial charge in [-0.05, 0) is 90.4 Å². The maximum absolute atomic E-state index is 2.71. The first-order valence-electron chi connectivity index (χ1n) is 17.7. The summed E-state index contributed by atoms with van der Waals surface area (Å²) in [7, 11) is 2.33. The highest BCUT2D eigenvalue weighted by molar-refractivity contribution is 6.06. The molecule has 0 fully saturated rings. The summed E-state index contributed by atoms with van der Waals surface area (Å²) in [5.41, 5.74) is 9.51. The van der Waals surface area contributed by atoms with E-state index in [1.165, 1.54) is 71.3 Å². The third kappa shape index (κ3) is 5.57. The molecule has 0 aliphatic carbocycles. The van der Waals surface area contributed by atoms with Crippen molar-refractivity contribution < 1.29 is 0 Å². The third-order valence-electron chi connectivity index (χ3n) is 10.8. The summed E-state index contributed by atoms with van der Waals surface area (Å²) in [4.78, 5) is 5.31.